The van der Waals surface area contributed by atoms with E-state index in [0.717, 1.165) is 32.4 Å². The Morgan fingerprint density at radius 3 is 1.40 bits per heavy atom. The lowest BCUT2D eigenvalue weighted by molar-refractivity contribution is 0.112. The Morgan fingerprint density at radius 1 is 0.633 bits per heavy atom. The van der Waals surface area contributed by atoms with Gasteiger partial charge in [-0.05, 0) is 39.3 Å². The van der Waals surface area contributed by atoms with Crippen LogP contribution in [0.4, 0.5) is 0 Å². The average Bonchev–Trinajstić information content (AvgIpc) is 2.71. The summed E-state index contributed by atoms with van der Waals surface area (Å²) in [6.45, 7) is 10.7. The van der Waals surface area contributed by atoms with Gasteiger partial charge in [0.1, 0.15) is 0 Å². The number of alkyl halides is 1. The molecule has 0 aliphatic heterocycles. The normalized spacial score (nSPS) is 14.9. The maximum Gasteiger partial charge on any atom is 0.0527 e. The molecule has 0 heterocycles. The molecule has 1 N–H and O–H groups in total. The third kappa shape index (κ3) is 18.9. The lowest BCUT2D eigenvalue weighted by Crippen LogP contribution is -2.38. The van der Waals surface area contributed by atoms with Gasteiger partial charge in [-0.2, -0.15) is 0 Å². The van der Waals surface area contributed by atoms with E-state index in [1.165, 1.54) is 96.3 Å². The standard InChI is InChI=1S/C27H56ClNO/c1-5-8-9-10-11-12-13-14-15-16-17-18-19-20-21-22-26(28)24-27(23-25(4)30)29(6-2)7-3/h25-27,30H,5-24H2,1-4H3. The van der Waals surface area contributed by atoms with Crippen molar-refractivity contribution in [1.29, 1.82) is 0 Å². The van der Waals surface area contributed by atoms with E-state index in [9.17, 15) is 5.11 Å². The fourth-order valence-electron chi connectivity index (χ4n) is 4.68. The van der Waals surface area contributed by atoms with E-state index in [1.807, 2.05) is 6.92 Å². The number of nitrogens with zero attached hydrogens (tertiary/aromatic N) is 1. The zero-order valence-corrected chi connectivity index (χ0v) is 21.9. The summed E-state index contributed by atoms with van der Waals surface area (Å²) in [6, 6.07) is 0.416. The van der Waals surface area contributed by atoms with Gasteiger partial charge in [-0.1, -0.05) is 117 Å². The van der Waals surface area contributed by atoms with Crippen LogP contribution in [-0.2, 0) is 0 Å². The highest BCUT2D eigenvalue weighted by molar-refractivity contribution is 6.20. The van der Waals surface area contributed by atoms with E-state index in [1.54, 1.807) is 0 Å². The molecule has 0 saturated carbocycles. The zero-order valence-electron chi connectivity index (χ0n) is 21.1. The summed E-state index contributed by atoms with van der Waals surface area (Å²) in [5.74, 6) is 0. The van der Waals surface area contributed by atoms with Crippen LogP contribution in [0.15, 0.2) is 0 Å². The quantitative estimate of drug-likeness (QED) is 0.125. The van der Waals surface area contributed by atoms with Gasteiger partial charge in [-0.3, -0.25) is 0 Å². The molecule has 0 aromatic heterocycles. The molecule has 3 unspecified atom stereocenters. The lowest BCUT2D eigenvalue weighted by atomic mass is 9.99. The molecule has 0 fully saturated rings. The second-order valence-electron chi connectivity index (χ2n) is 9.53. The van der Waals surface area contributed by atoms with Crippen LogP contribution in [0.25, 0.3) is 0 Å². The SMILES string of the molecule is CCCCCCCCCCCCCCCCCC(Cl)CC(CC(C)O)N(CC)CC. The summed E-state index contributed by atoms with van der Waals surface area (Å²) >= 11 is 6.67. The minimum absolute atomic E-state index is 0.245. The van der Waals surface area contributed by atoms with E-state index in [-0.39, 0.29) is 11.5 Å². The van der Waals surface area contributed by atoms with Crippen LogP contribution in [-0.4, -0.2) is 40.6 Å². The van der Waals surface area contributed by atoms with Crippen LogP contribution in [0.5, 0.6) is 0 Å². The van der Waals surface area contributed by atoms with Gasteiger partial charge in [0.2, 0.25) is 0 Å². The van der Waals surface area contributed by atoms with Crippen molar-refractivity contribution in [3.8, 4) is 0 Å². The summed E-state index contributed by atoms with van der Waals surface area (Å²) in [6.07, 6.45) is 23.8. The molecule has 0 rings (SSSR count). The Morgan fingerprint density at radius 2 is 1.03 bits per heavy atom. The zero-order chi connectivity index (χ0) is 22.5. The fraction of sp³-hybridized carbons (Fsp3) is 1.00. The summed E-state index contributed by atoms with van der Waals surface area (Å²) in [7, 11) is 0. The number of hydrogen-bond acceptors (Lipinski definition) is 2. The molecule has 0 saturated heterocycles. The molecule has 0 aliphatic rings. The lowest BCUT2D eigenvalue weighted by Gasteiger charge is -2.32. The predicted molar refractivity (Wildman–Crippen MR) is 137 cm³/mol. The second-order valence-corrected chi connectivity index (χ2v) is 10.1. The predicted octanol–water partition coefficient (Wildman–Crippen LogP) is 8.73. The Hall–Kier alpha value is 0.210. The Bertz CT molecular complexity index is 333. The number of hydrogen-bond donors (Lipinski definition) is 1. The molecule has 0 radical (unpaired) electrons. The van der Waals surface area contributed by atoms with Crippen LogP contribution in [0, 0.1) is 0 Å². The number of aliphatic hydroxyl groups excluding tert-OH is 1. The van der Waals surface area contributed by atoms with Crippen molar-refractivity contribution in [3.63, 3.8) is 0 Å². The van der Waals surface area contributed by atoms with Gasteiger partial charge in [0, 0.05) is 11.4 Å². The van der Waals surface area contributed by atoms with Crippen LogP contribution in [0.2, 0.25) is 0 Å². The molecule has 0 bridgehead atoms. The summed E-state index contributed by atoms with van der Waals surface area (Å²) in [5.41, 5.74) is 0. The van der Waals surface area contributed by atoms with Gasteiger partial charge in [0.15, 0.2) is 0 Å². The Balaban J connectivity index is 3.56. The third-order valence-corrected chi connectivity index (χ3v) is 6.99. The average molecular weight is 446 g/mol. The minimum atomic E-state index is -0.245. The molecular weight excluding hydrogens is 390 g/mol. The molecule has 0 amide bonds. The number of halogens is 1. The van der Waals surface area contributed by atoms with Crippen molar-refractivity contribution in [2.45, 2.75) is 161 Å². The number of rotatable bonds is 23. The third-order valence-electron chi connectivity index (χ3n) is 6.59. The minimum Gasteiger partial charge on any atom is -0.393 e. The first kappa shape index (κ1) is 30.2. The van der Waals surface area contributed by atoms with E-state index >= 15 is 0 Å². The van der Waals surface area contributed by atoms with E-state index in [0.29, 0.717) is 6.04 Å². The van der Waals surface area contributed by atoms with Crippen molar-refractivity contribution in [2.24, 2.45) is 0 Å². The monoisotopic (exact) mass is 445 g/mol. The van der Waals surface area contributed by atoms with Crippen molar-refractivity contribution in [1.82, 2.24) is 4.90 Å². The van der Waals surface area contributed by atoms with Crippen LogP contribution >= 0.6 is 11.6 Å². The first-order valence-electron chi connectivity index (χ1n) is 13.6. The molecule has 2 nitrogen and oxygen atoms in total. The first-order valence-corrected chi connectivity index (χ1v) is 14.0. The van der Waals surface area contributed by atoms with Crippen molar-refractivity contribution in [2.75, 3.05) is 13.1 Å². The van der Waals surface area contributed by atoms with Crippen molar-refractivity contribution >= 4 is 11.6 Å². The van der Waals surface area contributed by atoms with Gasteiger partial charge >= 0.3 is 0 Å². The molecule has 0 aromatic rings. The largest absolute Gasteiger partial charge is 0.393 e. The fourth-order valence-corrected chi connectivity index (χ4v) is 5.04. The molecule has 30 heavy (non-hydrogen) atoms. The molecular formula is C27H56ClNO. The maximum atomic E-state index is 9.82. The highest BCUT2D eigenvalue weighted by Crippen LogP contribution is 2.21. The smallest absolute Gasteiger partial charge is 0.0527 e. The van der Waals surface area contributed by atoms with Gasteiger partial charge in [-0.15, -0.1) is 11.6 Å². The highest BCUT2D eigenvalue weighted by Gasteiger charge is 2.21. The number of unbranched alkanes of at least 4 members (excludes halogenated alkanes) is 14. The van der Waals surface area contributed by atoms with Crippen LogP contribution in [0.1, 0.15) is 143 Å². The summed E-state index contributed by atoms with van der Waals surface area (Å²) in [5, 5.41) is 10.1. The van der Waals surface area contributed by atoms with Gasteiger partial charge < -0.3 is 10.0 Å². The van der Waals surface area contributed by atoms with Gasteiger partial charge in [0.05, 0.1) is 6.10 Å². The van der Waals surface area contributed by atoms with E-state index in [4.69, 9.17) is 11.6 Å². The summed E-state index contributed by atoms with van der Waals surface area (Å²) in [4.78, 5) is 2.45. The molecule has 0 aliphatic carbocycles. The van der Waals surface area contributed by atoms with Crippen molar-refractivity contribution in [3.05, 3.63) is 0 Å². The Kier molecular flexibility index (Phi) is 22.6. The van der Waals surface area contributed by atoms with Crippen molar-refractivity contribution < 1.29 is 5.11 Å². The van der Waals surface area contributed by atoms with Crippen LogP contribution < -0.4 is 0 Å². The second kappa shape index (κ2) is 22.4. The summed E-state index contributed by atoms with van der Waals surface area (Å²) < 4.78 is 0. The van der Waals surface area contributed by atoms with E-state index in [2.05, 4.69) is 25.7 Å². The topological polar surface area (TPSA) is 23.5 Å². The molecule has 0 aromatic carbocycles. The highest BCUT2D eigenvalue weighted by atomic mass is 35.5. The first-order chi connectivity index (χ1) is 14.5. The molecule has 3 heteroatoms. The van der Waals surface area contributed by atoms with E-state index < -0.39 is 0 Å². The maximum absolute atomic E-state index is 9.82. The molecule has 3 atom stereocenters. The Labute approximate surface area is 195 Å². The van der Waals surface area contributed by atoms with Crippen LogP contribution in [0.3, 0.4) is 0 Å². The molecule has 182 valence electrons. The number of aliphatic hydroxyl groups is 1. The van der Waals surface area contributed by atoms with Gasteiger partial charge in [-0.25, -0.2) is 0 Å². The van der Waals surface area contributed by atoms with Gasteiger partial charge in [0.25, 0.3) is 0 Å². The molecule has 0 spiro atoms.